The standard InChI is InChI=1S/C44H74O16/c1-20(46)55-19-25-31(50)33(52)35(59-37-34(53)32(51)30(49)24(18-45)57-37)38(58-25)56-23-17-43(8)26(41(6)13-11-27(48)39(2,3)36(23)41)16-22(47)29-21(10-14-42(29,43)7)44(9)15-12-28(60-44)40(4,5)54/h21-38,45,47-54H,10-19H2,1-9H3/t21-,22+,23-,24+,25+,26+,27-,28-,29-,30+,31+,32-,33-,34+,35+,36-,37-,38+,41+,42+,43+,44-/m0/s1. The smallest absolute Gasteiger partial charge is 0.302 e. The van der Waals surface area contributed by atoms with E-state index in [1.807, 2.05) is 13.8 Å². The van der Waals surface area contributed by atoms with Crippen LogP contribution in [0, 0.1) is 45.3 Å². The summed E-state index contributed by atoms with van der Waals surface area (Å²) >= 11 is 0. The predicted molar refractivity (Wildman–Crippen MR) is 211 cm³/mol. The Morgan fingerprint density at radius 1 is 0.767 bits per heavy atom. The van der Waals surface area contributed by atoms with Gasteiger partial charge in [-0.15, -0.1) is 0 Å². The average molecular weight is 859 g/mol. The van der Waals surface area contributed by atoms with Crippen molar-refractivity contribution < 1.29 is 79.2 Å². The number of aliphatic hydroxyl groups is 9. The van der Waals surface area contributed by atoms with Crippen LogP contribution in [0.1, 0.15) is 114 Å². The number of carbonyl (C=O) groups excluding carboxylic acids is 1. The fourth-order valence-electron chi connectivity index (χ4n) is 14.3. The summed E-state index contributed by atoms with van der Waals surface area (Å²) in [6.07, 6.45) is -13.1. The lowest BCUT2D eigenvalue weighted by Crippen LogP contribution is -2.71. The van der Waals surface area contributed by atoms with Crippen LogP contribution in [0.15, 0.2) is 0 Å². The molecule has 0 spiro atoms. The number of fused-ring (bicyclic) bond motifs is 5. The largest absolute Gasteiger partial charge is 0.463 e. The molecule has 0 bridgehead atoms. The molecule has 16 nitrogen and oxygen atoms in total. The van der Waals surface area contributed by atoms with Gasteiger partial charge in [0.25, 0.3) is 0 Å². The van der Waals surface area contributed by atoms with Gasteiger partial charge in [0.2, 0.25) is 0 Å². The van der Waals surface area contributed by atoms with E-state index in [-0.39, 0.29) is 29.8 Å². The van der Waals surface area contributed by atoms with E-state index in [0.717, 1.165) is 25.7 Å². The van der Waals surface area contributed by atoms with Crippen molar-refractivity contribution in [3.63, 3.8) is 0 Å². The van der Waals surface area contributed by atoms with Crippen LogP contribution in [0.25, 0.3) is 0 Å². The maximum atomic E-state index is 12.4. The molecule has 9 N–H and O–H groups in total. The molecule has 4 saturated carbocycles. The lowest BCUT2D eigenvalue weighted by Gasteiger charge is -2.72. The molecule has 0 aromatic rings. The van der Waals surface area contributed by atoms with Crippen molar-refractivity contribution in [3.05, 3.63) is 0 Å². The normalized spacial score (nSPS) is 54.2. The third kappa shape index (κ3) is 7.41. The SMILES string of the molecule is CC(=O)OC[C@H]1O[C@@H](O[C@H]2C[C@]3(C)[C@H](C[C@@H](O)[C@@H]4[C@@H]([C@]5(C)CC[C@@H](C(C)(C)O)O5)CC[C@]43C)[C@@]3(C)CC[C@H](O)C(C)(C)[C@H]23)[C@H](O[C@@H]2O[C@H](CO)[C@@H](O)[C@H](O)[C@H]2O)[C@@H](O)[C@@H]1O. The topological polar surface area (TPSA) is 255 Å². The Hall–Kier alpha value is -1.09. The highest BCUT2D eigenvalue weighted by molar-refractivity contribution is 5.65. The van der Waals surface area contributed by atoms with Crippen LogP contribution in [-0.4, -0.2) is 162 Å². The Morgan fingerprint density at radius 2 is 1.42 bits per heavy atom. The molecular formula is C44H74O16. The average Bonchev–Trinajstić information content (AvgIpc) is 3.76. The van der Waals surface area contributed by atoms with Gasteiger partial charge < -0.3 is 74.4 Å². The van der Waals surface area contributed by atoms with Crippen LogP contribution >= 0.6 is 0 Å². The molecule has 7 fully saturated rings. The molecule has 0 aromatic carbocycles. The minimum Gasteiger partial charge on any atom is -0.463 e. The highest BCUT2D eigenvalue weighted by Crippen LogP contribution is 2.76. The second-order valence-corrected chi connectivity index (χ2v) is 21.8. The Balaban J connectivity index is 1.27. The lowest BCUT2D eigenvalue weighted by atomic mass is 9.34. The number of ether oxygens (including phenoxy) is 6. The van der Waals surface area contributed by atoms with Gasteiger partial charge in [-0.1, -0.05) is 34.6 Å². The van der Waals surface area contributed by atoms with Crippen molar-refractivity contribution in [1.82, 2.24) is 0 Å². The Bertz CT molecular complexity index is 1560. The molecule has 60 heavy (non-hydrogen) atoms. The molecule has 3 heterocycles. The quantitative estimate of drug-likeness (QED) is 0.115. The van der Waals surface area contributed by atoms with Crippen LogP contribution < -0.4 is 0 Å². The van der Waals surface area contributed by atoms with Gasteiger partial charge in [0.05, 0.1) is 42.2 Å². The fourth-order valence-corrected chi connectivity index (χ4v) is 14.3. The summed E-state index contributed by atoms with van der Waals surface area (Å²) in [6.45, 7) is 16.6. The summed E-state index contributed by atoms with van der Waals surface area (Å²) in [5.74, 6) is -1.07. The van der Waals surface area contributed by atoms with E-state index >= 15 is 0 Å². The maximum Gasteiger partial charge on any atom is 0.302 e. The van der Waals surface area contributed by atoms with Crippen LogP contribution in [-0.2, 0) is 33.2 Å². The summed E-state index contributed by atoms with van der Waals surface area (Å²) in [7, 11) is 0. The highest BCUT2D eigenvalue weighted by Gasteiger charge is 2.74. The van der Waals surface area contributed by atoms with Crippen LogP contribution in [0.4, 0.5) is 0 Å². The number of aliphatic hydroxyl groups excluding tert-OH is 8. The summed E-state index contributed by atoms with van der Waals surface area (Å²) in [5.41, 5.74) is -3.63. The van der Waals surface area contributed by atoms with Crippen LogP contribution in [0.5, 0.6) is 0 Å². The number of hydrogen-bond donors (Lipinski definition) is 9. The Kier molecular flexibility index (Phi) is 12.6. The van der Waals surface area contributed by atoms with E-state index in [0.29, 0.717) is 25.7 Å². The molecule has 0 unspecified atom stereocenters. The van der Waals surface area contributed by atoms with Crippen LogP contribution in [0.2, 0.25) is 0 Å². The maximum absolute atomic E-state index is 12.4. The minimum atomic E-state index is -1.83. The first-order valence-corrected chi connectivity index (χ1v) is 22.3. The van der Waals surface area contributed by atoms with E-state index in [1.54, 1.807) is 13.8 Å². The predicted octanol–water partition coefficient (Wildman–Crippen LogP) is 0.902. The summed E-state index contributed by atoms with van der Waals surface area (Å²) < 4.78 is 37.3. The summed E-state index contributed by atoms with van der Waals surface area (Å²) in [6, 6.07) is 0. The molecule has 4 aliphatic carbocycles. The van der Waals surface area contributed by atoms with Gasteiger partial charge in [0, 0.05) is 6.92 Å². The first kappa shape index (κ1) is 46.9. The van der Waals surface area contributed by atoms with E-state index in [2.05, 4.69) is 27.7 Å². The first-order chi connectivity index (χ1) is 27.7. The zero-order valence-corrected chi connectivity index (χ0v) is 36.8. The zero-order chi connectivity index (χ0) is 44.3. The van der Waals surface area contributed by atoms with Crippen molar-refractivity contribution in [2.24, 2.45) is 45.3 Å². The first-order valence-electron chi connectivity index (χ1n) is 22.3. The molecule has 0 aromatic heterocycles. The number of carbonyl (C=O) groups is 1. The zero-order valence-electron chi connectivity index (χ0n) is 36.8. The molecular weight excluding hydrogens is 784 g/mol. The van der Waals surface area contributed by atoms with E-state index in [1.165, 1.54) is 6.92 Å². The molecule has 16 heteroatoms. The second-order valence-electron chi connectivity index (χ2n) is 21.8. The number of hydrogen-bond acceptors (Lipinski definition) is 16. The third-order valence-electron chi connectivity index (χ3n) is 17.7. The highest BCUT2D eigenvalue weighted by atomic mass is 16.8. The third-order valence-corrected chi connectivity index (χ3v) is 17.7. The molecule has 346 valence electrons. The summed E-state index contributed by atoms with van der Waals surface area (Å²) in [4.78, 5) is 11.9. The monoisotopic (exact) mass is 858 g/mol. The molecule has 7 aliphatic rings. The summed E-state index contributed by atoms with van der Waals surface area (Å²) in [5, 5.41) is 100. The fraction of sp³-hybridized carbons (Fsp3) is 0.977. The molecule has 3 saturated heterocycles. The van der Waals surface area contributed by atoms with Gasteiger partial charge in [0.15, 0.2) is 12.6 Å². The van der Waals surface area contributed by atoms with Crippen LogP contribution in [0.3, 0.4) is 0 Å². The van der Waals surface area contributed by atoms with Gasteiger partial charge in [-0.05, 0) is 117 Å². The minimum absolute atomic E-state index is 0.00983. The Morgan fingerprint density at radius 3 is 2.03 bits per heavy atom. The van der Waals surface area contributed by atoms with E-state index in [9.17, 15) is 50.8 Å². The van der Waals surface area contributed by atoms with E-state index < -0.39 is 132 Å². The Labute approximate surface area is 353 Å². The molecule has 0 radical (unpaired) electrons. The van der Waals surface area contributed by atoms with Gasteiger partial charge >= 0.3 is 5.97 Å². The number of esters is 1. The van der Waals surface area contributed by atoms with Crippen molar-refractivity contribution in [1.29, 1.82) is 0 Å². The van der Waals surface area contributed by atoms with E-state index in [4.69, 9.17) is 28.4 Å². The van der Waals surface area contributed by atoms with Crippen molar-refractivity contribution in [2.45, 2.75) is 211 Å². The van der Waals surface area contributed by atoms with Gasteiger partial charge in [-0.25, -0.2) is 0 Å². The second kappa shape index (κ2) is 16.1. The van der Waals surface area contributed by atoms with Gasteiger partial charge in [-0.2, -0.15) is 0 Å². The van der Waals surface area contributed by atoms with Gasteiger partial charge in [-0.3, -0.25) is 4.79 Å². The van der Waals surface area contributed by atoms with Crippen molar-refractivity contribution >= 4 is 5.97 Å². The molecule has 3 aliphatic heterocycles. The van der Waals surface area contributed by atoms with Crippen molar-refractivity contribution in [3.8, 4) is 0 Å². The lowest BCUT2D eigenvalue weighted by molar-refractivity contribution is -0.383. The number of rotatable bonds is 9. The van der Waals surface area contributed by atoms with Gasteiger partial charge in [0.1, 0.15) is 55.4 Å². The molecule has 7 rings (SSSR count). The van der Waals surface area contributed by atoms with Crippen molar-refractivity contribution in [2.75, 3.05) is 13.2 Å². The molecule has 0 amide bonds. The molecule has 22 atom stereocenters.